The van der Waals surface area contributed by atoms with Crippen molar-refractivity contribution in [3.63, 3.8) is 0 Å². The van der Waals surface area contributed by atoms with Crippen molar-refractivity contribution in [3.05, 3.63) is 40.7 Å². The maximum Gasteiger partial charge on any atom is 0.155 e. The van der Waals surface area contributed by atoms with E-state index in [9.17, 15) is 0 Å². The number of H-pyrrole nitrogens is 1. The van der Waals surface area contributed by atoms with E-state index in [2.05, 4.69) is 27.2 Å². The summed E-state index contributed by atoms with van der Waals surface area (Å²) in [5.41, 5.74) is 4.00. The molecule has 1 N–H and O–H groups in total. The Morgan fingerprint density at radius 3 is 2.96 bits per heavy atom. The van der Waals surface area contributed by atoms with Crippen molar-refractivity contribution >= 4 is 0 Å². The number of nitrogens with one attached hydrogen (secondary N) is 1. The fraction of sp³-hybridized carbons (Fsp3) is 0.650. The summed E-state index contributed by atoms with van der Waals surface area (Å²) >= 11 is 0. The van der Waals surface area contributed by atoms with E-state index in [-0.39, 0.29) is 0 Å². The Labute approximate surface area is 154 Å². The molecule has 0 unspecified atom stereocenters. The number of ether oxygens (including phenoxy) is 1. The van der Waals surface area contributed by atoms with Crippen LogP contribution in [0.1, 0.15) is 53.8 Å². The first kappa shape index (κ1) is 16.4. The Bertz CT molecular complexity index is 784. The van der Waals surface area contributed by atoms with E-state index in [1.165, 1.54) is 42.6 Å². The van der Waals surface area contributed by atoms with Crippen LogP contribution in [-0.2, 0) is 30.7 Å². The van der Waals surface area contributed by atoms with Gasteiger partial charge in [-0.2, -0.15) is 5.10 Å². The second-order valence-corrected chi connectivity index (χ2v) is 8.14. The number of pyridine rings is 1. The van der Waals surface area contributed by atoms with Crippen LogP contribution in [-0.4, -0.2) is 45.3 Å². The molecule has 1 aliphatic heterocycles. The third-order valence-electron chi connectivity index (χ3n) is 6.20. The maximum atomic E-state index is 5.17. The van der Waals surface area contributed by atoms with E-state index < -0.39 is 0 Å². The lowest BCUT2D eigenvalue weighted by molar-refractivity contribution is 0.178. The molecule has 6 nitrogen and oxygen atoms in total. The summed E-state index contributed by atoms with van der Waals surface area (Å²) in [4.78, 5) is 12.2. The van der Waals surface area contributed by atoms with Gasteiger partial charge in [-0.25, -0.2) is 4.98 Å². The first-order valence-corrected chi connectivity index (χ1v) is 9.90. The number of hydrogen-bond acceptors (Lipinski definition) is 5. The van der Waals surface area contributed by atoms with E-state index in [1.54, 1.807) is 7.11 Å². The van der Waals surface area contributed by atoms with Gasteiger partial charge >= 0.3 is 0 Å². The molecule has 0 amide bonds. The van der Waals surface area contributed by atoms with Gasteiger partial charge in [-0.1, -0.05) is 6.07 Å². The van der Waals surface area contributed by atoms with Crippen LogP contribution in [0.3, 0.4) is 0 Å². The standard InChI is InChI=1S/C20H27N5O/c1-26-12-19-22-20(24-23-19)17-11-25(10-16(17)13-5-6-13)9-15-8-7-14-3-2-4-18(14)21-15/h7-8,13,16-17H,2-6,9-12H2,1H3,(H,22,23,24)/t16-,17+/m1/s1. The summed E-state index contributed by atoms with van der Waals surface area (Å²) in [5, 5.41) is 7.55. The smallest absolute Gasteiger partial charge is 0.155 e. The van der Waals surface area contributed by atoms with Crippen LogP contribution in [0.2, 0.25) is 0 Å². The lowest BCUT2D eigenvalue weighted by Crippen LogP contribution is -2.21. The van der Waals surface area contributed by atoms with Gasteiger partial charge in [0.2, 0.25) is 0 Å². The molecule has 0 spiro atoms. The van der Waals surface area contributed by atoms with Gasteiger partial charge in [-0.05, 0) is 55.6 Å². The first-order valence-electron chi connectivity index (χ1n) is 9.90. The van der Waals surface area contributed by atoms with Crippen LogP contribution in [0.25, 0.3) is 0 Å². The number of aromatic nitrogens is 4. The average molecular weight is 353 g/mol. The average Bonchev–Trinajstić information content (AvgIpc) is 3.05. The third kappa shape index (κ3) is 3.16. The number of nitrogens with zero attached hydrogens (tertiary/aromatic N) is 4. The zero-order chi connectivity index (χ0) is 17.5. The summed E-state index contributed by atoms with van der Waals surface area (Å²) in [7, 11) is 1.69. The van der Waals surface area contributed by atoms with Crippen LogP contribution in [0.4, 0.5) is 0 Å². The molecule has 0 bridgehead atoms. The molecule has 3 heterocycles. The predicted octanol–water partition coefficient (Wildman–Crippen LogP) is 2.46. The van der Waals surface area contributed by atoms with Crippen molar-refractivity contribution in [2.45, 2.75) is 51.2 Å². The predicted molar refractivity (Wildman–Crippen MR) is 97.6 cm³/mol. The summed E-state index contributed by atoms with van der Waals surface area (Å²) < 4.78 is 5.17. The molecule has 6 heteroatoms. The molecule has 2 aromatic heterocycles. The molecule has 2 aliphatic carbocycles. The fourth-order valence-corrected chi connectivity index (χ4v) is 4.78. The van der Waals surface area contributed by atoms with Crippen molar-refractivity contribution in [1.82, 2.24) is 25.1 Å². The van der Waals surface area contributed by atoms with Crippen molar-refractivity contribution in [2.75, 3.05) is 20.2 Å². The lowest BCUT2D eigenvalue weighted by atomic mass is 9.91. The normalized spacial score (nSPS) is 25.7. The largest absolute Gasteiger partial charge is 0.377 e. The third-order valence-corrected chi connectivity index (χ3v) is 6.20. The summed E-state index contributed by atoms with van der Waals surface area (Å²) in [6.45, 7) is 3.62. The zero-order valence-corrected chi connectivity index (χ0v) is 15.4. The summed E-state index contributed by atoms with van der Waals surface area (Å²) in [5.74, 6) is 3.76. The second-order valence-electron chi connectivity index (χ2n) is 8.14. The van der Waals surface area contributed by atoms with Crippen LogP contribution in [0, 0.1) is 11.8 Å². The van der Waals surface area contributed by atoms with Crippen molar-refractivity contribution < 1.29 is 4.74 Å². The highest BCUT2D eigenvalue weighted by Gasteiger charge is 2.44. The molecule has 5 rings (SSSR count). The van der Waals surface area contributed by atoms with Crippen LogP contribution < -0.4 is 0 Å². The minimum absolute atomic E-state index is 0.429. The van der Waals surface area contributed by atoms with Crippen LogP contribution in [0.15, 0.2) is 12.1 Å². The molecule has 3 aliphatic rings. The molecule has 2 aromatic rings. The molecule has 2 fully saturated rings. The van der Waals surface area contributed by atoms with E-state index in [4.69, 9.17) is 14.7 Å². The first-order chi connectivity index (χ1) is 12.8. The van der Waals surface area contributed by atoms with Gasteiger partial charge in [0.25, 0.3) is 0 Å². The molecule has 138 valence electrons. The number of fused-ring (bicyclic) bond motifs is 1. The molecular weight excluding hydrogens is 326 g/mol. The zero-order valence-electron chi connectivity index (χ0n) is 15.4. The summed E-state index contributed by atoms with van der Waals surface area (Å²) in [6.07, 6.45) is 6.33. The number of likely N-dealkylation sites (tertiary alicyclic amines) is 1. The molecule has 0 aromatic carbocycles. The Hall–Kier alpha value is -1.79. The van der Waals surface area contributed by atoms with E-state index in [0.29, 0.717) is 18.4 Å². The van der Waals surface area contributed by atoms with Crippen LogP contribution in [0.5, 0.6) is 0 Å². The molecule has 26 heavy (non-hydrogen) atoms. The molecule has 0 radical (unpaired) electrons. The number of aryl methyl sites for hydroxylation is 2. The van der Waals surface area contributed by atoms with Gasteiger partial charge in [0, 0.05) is 38.4 Å². The minimum Gasteiger partial charge on any atom is -0.377 e. The maximum absolute atomic E-state index is 5.17. The number of methoxy groups -OCH3 is 1. The monoisotopic (exact) mass is 353 g/mol. The van der Waals surface area contributed by atoms with Crippen LogP contribution >= 0.6 is 0 Å². The highest BCUT2D eigenvalue weighted by molar-refractivity contribution is 5.27. The summed E-state index contributed by atoms with van der Waals surface area (Å²) in [6, 6.07) is 4.52. The number of aromatic amines is 1. The van der Waals surface area contributed by atoms with E-state index >= 15 is 0 Å². The quantitative estimate of drug-likeness (QED) is 0.864. The van der Waals surface area contributed by atoms with Crippen molar-refractivity contribution in [1.29, 1.82) is 0 Å². The van der Waals surface area contributed by atoms with E-state index in [0.717, 1.165) is 43.6 Å². The Morgan fingerprint density at radius 2 is 2.12 bits per heavy atom. The highest BCUT2D eigenvalue weighted by Crippen LogP contribution is 2.47. The van der Waals surface area contributed by atoms with Gasteiger partial charge in [-0.15, -0.1) is 0 Å². The highest BCUT2D eigenvalue weighted by atomic mass is 16.5. The Morgan fingerprint density at radius 1 is 1.19 bits per heavy atom. The molecular formula is C20H27N5O. The number of hydrogen-bond donors (Lipinski definition) is 1. The second kappa shape index (κ2) is 6.74. The lowest BCUT2D eigenvalue weighted by Gasteiger charge is -2.15. The SMILES string of the molecule is COCc1nc([C@H]2CN(Cc3ccc4c(n3)CCC4)C[C@@H]2C2CC2)n[nH]1. The van der Waals surface area contributed by atoms with Gasteiger partial charge in [-0.3, -0.25) is 15.0 Å². The Kier molecular flexibility index (Phi) is 4.25. The molecule has 1 saturated heterocycles. The van der Waals surface area contributed by atoms with Gasteiger partial charge in [0.05, 0.1) is 5.69 Å². The molecule has 2 atom stereocenters. The van der Waals surface area contributed by atoms with Gasteiger partial charge in [0.15, 0.2) is 11.6 Å². The van der Waals surface area contributed by atoms with Gasteiger partial charge < -0.3 is 4.74 Å². The van der Waals surface area contributed by atoms with E-state index in [1.807, 2.05) is 0 Å². The molecule has 1 saturated carbocycles. The number of rotatable bonds is 6. The minimum atomic E-state index is 0.429. The topological polar surface area (TPSA) is 66.9 Å². The Balaban J connectivity index is 1.31. The van der Waals surface area contributed by atoms with Crippen molar-refractivity contribution in [2.24, 2.45) is 11.8 Å². The van der Waals surface area contributed by atoms with Gasteiger partial charge in [0.1, 0.15) is 6.61 Å². The van der Waals surface area contributed by atoms with Crippen molar-refractivity contribution in [3.8, 4) is 0 Å². The fourth-order valence-electron chi connectivity index (χ4n) is 4.78.